The highest BCUT2D eigenvalue weighted by Gasteiger charge is 2.18. The second-order valence-corrected chi connectivity index (χ2v) is 5.74. The van der Waals surface area contributed by atoms with Crippen molar-refractivity contribution < 1.29 is 4.74 Å². The third-order valence-electron chi connectivity index (χ3n) is 2.69. The molecule has 0 fully saturated rings. The lowest BCUT2D eigenvalue weighted by Crippen LogP contribution is -2.20. The lowest BCUT2D eigenvalue weighted by Gasteiger charge is -2.15. The van der Waals surface area contributed by atoms with Crippen LogP contribution in [-0.2, 0) is 0 Å². The summed E-state index contributed by atoms with van der Waals surface area (Å²) in [5.74, 6) is 0.946. The Morgan fingerprint density at radius 1 is 1.41 bits per heavy atom. The van der Waals surface area contributed by atoms with Gasteiger partial charge in [-0.05, 0) is 36.5 Å². The highest BCUT2D eigenvalue weighted by molar-refractivity contribution is 7.11. The standard InChI is InChI=1S/C13H17NOS2/c1-4-14-12(13-9(2)5-6-16-13)11-7-10(15-3)8-17-11/h5-8,12,14H,4H2,1-3H3. The van der Waals surface area contributed by atoms with Gasteiger partial charge in [-0.2, -0.15) is 0 Å². The number of aryl methyl sites for hydroxylation is 1. The van der Waals surface area contributed by atoms with Gasteiger partial charge in [0.15, 0.2) is 0 Å². The van der Waals surface area contributed by atoms with Gasteiger partial charge in [0.2, 0.25) is 0 Å². The number of hydrogen-bond acceptors (Lipinski definition) is 4. The average Bonchev–Trinajstić information content (AvgIpc) is 2.95. The molecule has 1 atom stereocenters. The molecule has 0 aliphatic heterocycles. The Labute approximate surface area is 110 Å². The summed E-state index contributed by atoms with van der Waals surface area (Å²) in [6.45, 7) is 5.27. The second kappa shape index (κ2) is 5.67. The van der Waals surface area contributed by atoms with Gasteiger partial charge in [-0.25, -0.2) is 0 Å². The molecule has 0 saturated carbocycles. The molecule has 1 N–H and O–H groups in total. The molecule has 1 unspecified atom stereocenters. The highest BCUT2D eigenvalue weighted by atomic mass is 32.1. The molecule has 0 saturated heterocycles. The van der Waals surface area contributed by atoms with E-state index in [9.17, 15) is 0 Å². The summed E-state index contributed by atoms with van der Waals surface area (Å²) < 4.78 is 5.26. The van der Waals surface area contributed by atoms with E-state index in [1.165, 1.54) is 15.3 Å². The Morgan fingerprint density at radius 3 is 2.76 bits per heavy atom. The molecule has 92 valence electrons. The molecule has 0 bridgehead atoms. The number of nitrogens with one attached hydrogen (secondary N) is 1. The highest BCUT2D eigenvalue weighted by Crippen LogP contribution is 2.34. The second-order valence-electron chi connectivity index (χ2n) is 3.85. The summed E-state index contributed by atoms with van der Waals surface area (Å²) in [5, 5.41) is 7.76. The molecule has 2 aromatic rings. The minimum atomic E-state index is 0.300. The number of methoxy groups -OCH3 is 1. The number of rotatable bonds is 5. The van der Waals surface area contributed by atoms with Crippen LogP contribution in [0, 0.1) is 6.92 Å². The summed E-state index contributed by atoms with van der Waals surface area (Å²) >= 11 is 3.56. The molecule has 17 heavy (non-hydrogen) atoms. The number of thiophene rings is 2. The van der Waals surface area contributed by atoms with Crippen LogP contribution in [0.5, 0.6) is 5.75 Å². The monoisotopic (exact) mass is 267 g/mol. The molecular weight excluding hydrogens is 250 g/mol. The normalized spacial score (nSPS) is 12.6. The molecule has 0 aromatic carbocycles. The molecule has 0 radical (unpaired) electrons. The van der Waals surface area contributed by atoms with Crippen molar-refractivity contribution >= 4 is 22.7 Å². The Hall–Kier alpha value is -0.840. The van der Waals surface area contributed by atoms with Crippen molar-refractivity contribution in [2.75, 3.05) is 13.7 Å². The first-order chi connectivity index (χ1) is 8.26. The van der Waals surface area contributed by atoms with Crippen molar-refractivity contribution in [1.29, 1.82) is 0 Å². The molecular formula is C13H17NOS2. The molecule has 0 spiro atoms. The van der Waals surface area contributed by atoms with Gasteiger partial charge in [-0.3, -0.25) is 0 Å². The van der Waals surface area contributed by atoms with Gasteiger partial charge in [0, 0.05) is 15.1 Å². The van der Waals surface area contributed by atoms with E-state index in [1.807, 2.05) is 11.3 Å². The molecule has 2 aromatic heterocycles. The first-order valence-corrected chi connectivity index (χ1v) is 7.42. The molecule has 0 amide bonds. The molecule has 4 heteroatoms. The van der Waals surface area contributed by atoms with Crippen molar-refractivity contribution in [2.24, 2.45) is 0 Å². The summed E-state index contributed by atoms with van der Waals surface area (Å²) in [6.07, 6.45) is 0. The van der Waals surface area contributed by atoms with Crippen LogP contribution < -0.4 is 10.1 Å². The van der Waals surface area contributed by atoms with Crippen molar-refractivity contribution in [3.63, 3.8) is 0 Å². The van der Waals surface area contributed by atoms with E-state index >= 15 is 0 Å². The fraction of sp³-hybridized carbons (Fsp3) is 0.385. The Balaban J connectivity index is 2.32. The minimum Gasteiger partial charge on any atom is -0.496 e. The first-order valence-electron chi connectivity index (χ1n) is 5.66. The summed E-state index contributed by atoms with van der Waals surface area (Å²) in [4.78, 5) is 2.71. The Bertz CT molecular complexity index is 475. The van der Waals surface area contributed by atoms with Crippen molar-refractivity contribution in [1.82, 2.24) is 5.32 Å². The molecule has 0 aliphatic rings. The van der Waals surface area contributed by atoms with Crippen LogP contribution in [0.3, 0.4) is 0 Å². The smallest absolute Gasteiger partial charge is 0.129 e. The molecule has 2 heterocycles. The van der Waals surface area contributed by atoms with E-state index in [0.29, 0.717) is 6.04 Å². The van der Waals surface area contributed by atoms with E-state index in [2.05, 4.69) is 42.1 Å². The predicted molar refractivity (Wildman–Crippen MR) is 75.4 cm³/mol. The van der Waals surface area contributed by atoms with Crippen LogP contribution in [0.2, 0.25) is 0 Å². The van der Waals surface area contributed by atoms with Gasteiger partial charge >= 0.3 is 0 Å². The topological polar surface area (TPSA) is 21.3 Å². The fourth-order valence-corrected chi connectivity index (χ4v) is 3.83. The maximum Gasteiger partial charge on any atom is 0.129 e. The maximum atomic E-state index is 5.26. The first kappa shape index (κ1) is 12.6. The van der Waals surface area contributed by atoms with E-state index < -0.39 is 0 Å². The predicted octanol–water partition coefficient (Wildman–Crippen LogP) is 3.83. The third-order valence-corrected chi connectivity index (χ3v) is 4.75. The van der Waals surface area contributed by atoms with Crippen molar-refractivity contribution in [2.45, 2.75) is 19.9 Å². The zero-order valence-corrected chi connectivity index (χ0v) is 12.0. The van der Waals surface area contributed by atoms with Crippen molar-refractivity contribution in [3.05, 3.63) is 38.2 Å². The summed E-state index contributed by atoms with van der Waals surface area (Å²) in [7, 11) is 1.71. The van der Waals surface area contributed by atoms with Gasteiger partial charge in [0.05, 0.1) is 13.2 Å². The van der Waals surface area contributed by atoms with Crippen LogP contribution in [0.4, 0.5) is 0 Å². The van der Waals surface area contributed by atoms with Gasteiger partial charge in [0.25, 0.3) is 0 Å². The quantitative estimate of drug-likeness (QED) is 0.889. The Morgan fingerprint density at radius 2 is 2.24 bits per heavy atom. The van der Waals surface area contributed by atoms with Crippen LogP contribution in [-0.4, -0.2) is 13.7 Å². The minimum absolute atomic E-state index is 0.300. The van der Waals surface area contributed by atoms with E-state index in [1.54, 1.807) is 18.4 Å². The maximum absolute atomic E-state index is 5.26. The zero-order chi connectivity index (χ0) is 12.3. The van der Waals surface area contributed by atoms with Crippen LogP contribution in [0.25, 0.3) is 0 Å². The molecule has 2 rings (SSSR count). The lowest BCUT2D eigenvalue weighted by atomic mass is 10.1. The van der Waals surface area contributed by atoms with Gasteiger partial charge in [-0.15, -0.1) is 22.7 Å². The Kier molecular flexibility index (Phi) is 4.20. The largest absolute Gasteiger partial charge is 0.496 e. The van der Waals surface area contributed by atoms with E-state index in [-0.39, 0.29) is 0 Å². The summed E-state index contributed by atoms with van der Waals surface area (Å²) in [5.41, 5.74) is 1.35. The van der Waals surface area contributed by atoms with Crippen molar-refractivity contribution in [3.8, 4) is 5.75 Å². The lowest BCUT2D eigenvalue weighted by molar-refractivity contribution is 0.416. The third kappa shape index (κ3) is 2.70. The van der Waals surface area contributed by atoms with Crippen LogP contribution in [0.1, 0.15) is 28.3 Å². The average molecular weight is 267 g/mol. The zero-order valence-electron chi connectivity index (χ0n) is 10.3. The molecule has 2 nitrogen and oxygen atoms in total. The number of ether oxygens (including phenoxy) is 1. The van der Waals surface area contributed by atoms with Gasteiger partial charge in [-0.1, -0.05) is 6.92 Å². The van der Waals surface area contributed by atoms with E-state index in [4.69, 9.17) is 4.74 Å². The number of hydrogen-bond donors (Lipinski definition) is 1. The molecule has 0 aliphatic carbocycles. The van der Waals surface area contributed by atoms with Crippen LogP contribution >= 0.6 is 22.7 Å². The van der Waals surface area contributed by atoms with Gasteiger partial charge in [0.1, 0.15) is 5.75 Å². The summed E-state index contributed by atoms with van der Waals surface area (Å²) in [6, 6.07) is 4.60. The SMILES string of the molecule is CCNC(c1cc(OC)cs1)c1sccc1C. The fourth-order valence-electron chi connectivity index (χ4n) is 1.80. The van der Waals surface area contributed by atoms with E-state index in [0.717, 1.165) is 12.3 Å². The van der Waals surface area contributed by atoms with Crippen LogP contribution in [0.15, 0.2) is 22.9 Å². The van der Waals surface area contributed by atoms with Gasteiger partial charge < -0.3 is 10.1 Å².